The van der Waals surface area contributed by atoms with Crippen LogP contribution in [0.4, 0.5) is 0 Å². The van der Waals surface area contributed by atoms with Gasteiger partial charge in [0.15, 0.2) is 0 Å². The van der Waals surface area contributed by atoms with Crippen LogP contribution in [0.2, 0.25) is 0 Å². The zero-order chi connectivity index (χ0) is 20.1. The molecule has 0 radical (unpaired) electrons. The number of hydrogen-bond donors (Lipinski definition) is 3. The highest BCUT2D eigenvalue weighted by molar-refractivity contribution is 7.89. The molecule has 0 bridgehead atoms. The molecule has 1 fully saturated rings. The van der Waals surface area contributed by atoms with Crippen LogP contribution in [0.15, 0.2) is 40.6 Å². The summed E-state index contributed by atoms with van der Waals surface area (Å²) in [7, 11) is -1.69. The van der Waals surface area contributed by atoms with Gasteiger partial charge in [0.05, 0.1) is 16.6 Å². The Bertz CT molecular complexity index is 783. The van der Waals surface area contributed by atoms with Crippen molar-refractivity contribution in [1.82, 2.24) is 20.5 Å². The van der Waals surface area contributed by atoms with E-state index in [2.05, 4.69) is 15.5 Å². The van der Waals surface area contributed by atoms with Gasteiger partial charge in [-0.05, 0) is 76.2 Å². The van der Waals surface area contributed by atoms with E-state index in [-0.39, 0.29) is 6.04 Å². The maximum atomic E-state index is 12.7. The van der Waals surface area contributed by atoms with Crippen molar-refractivity contribution in [1.29, 1.82) is 0 Å². The maximum Gasteiger partial charge on any atom is 0.261 e. The average molecular weight is 407 g/mol. The fraction of sp³-hybridized carbons (Fsp3) is 0.619. The fourth-order valence-corrected chi connectivity index (χ4v) is 5.31. The first-order valence-corrected chi connectivity index (χ1v) is 11.9. The van der Waals surface area contributed by atoms with Gasteiger partial charge in [0.2, 0.25) is 0 Å². The van der Waals surface area contributed by atoms with Crippen molar-refractivity contribution in [2.75, 3.05) is 20.1 Å². The molecule has 0 aliphatic carbocycles. The second-order valence-electron chi connectivity index (χ2n) is 8.10. The molecule has 3 N–H and O–H groups in total. The summed E-state index contributed by atoms with van der Waals surface area (Å²) in [6.07, 6.45) is 7.34. The quantitative estimate of drug-likeness (QED) is 0.579. The van der Waals surface area contributed by atoms with Gasteiger partial charge in [0.1, 0.15) is 0 Å². The molecule has 156 valence electrons. The Kier molecular flexibility index (Phi) is 7.01. The summed E-state index contributed by atoms with van der Waals surface area (Å²) >= 11 is 0. The third kappa shape index (κ3) is 5.27. The molecule has 2 heterocycles. The Morgan fingerprint density at radius 3 is 2.43 bits per heavy atom. The number of nitrogens with zero attached hydrogens (tertiary/aromatic N) is 1. The second-order valence-corrected chi connectivity index (χ2v) is 9.78. The standard InChI is InChI=1S/C21H34N4O2S/c1-16-21(17(2)25(3)23-16)24-28(26,27)20-10-8-18(9-11-20)6-4-5-7-19-12-14-22-15-13-19/h8-11,16,19,22-24H,4-7,12-15H2,1-3H3. The van der Waals surface area contributed by atoms with Crippen molar-refractivity contribution < 1.29 is 8.42 Å². The minimum absolute atomic E-state index is 0.0565. The SMILES string of the molecule is CC1=C(NS(=O)(=O)c2ccc(CCCCC3CCNCC3)cc2)C(C)NN1C. The molecule has 0 saturated carbocycles. The summed E-state index contributed by atoms with van der Waals surface area (Å²) in [5, 5.41) is 5.26. The van der Waals surface area contributed by atoms with Crippen LogP contribution in [0.25, 0.3) is 0 Å². The van der Waals surface area contributed by atoms with Gasteiger partial charge in [-0.1, -0.05) is 25.0 Å². The number of aryl methyl sites for hydroxylation is 1. The number of unbranched alkanes of at least 4 members (excludes halogenated alkanes) is 1. The second kappa shape index (κ2) is 9.29. The molecule has 0 aromatic heterocycles. The molecular weight excluding hydrogens is 372 g/mol. The normalized spacial score (nSPS) is 21.4. The number of benzene rings is 1. The Hall–Kier alpha value is -1.57. The summed E-state index contributed by atoms with van der Waals surface area (Å²) in [6, 6.07) is 7.28. The first-order valence-electron chi connectivity index (χ1n) is 10.4. The van der Waals surface area contributed by atoms with Crippen LogP contribution in [0.5, 0.6) is 0 Å². The van der Waals surface area contributed by atoms with Gasteiger partial charge in [-0.3, -0.25) is 4.72 Å². The van der Waals surface area contributed by atoms with Crippen molar-refractivity contribution in [2.45, 2.75) is 63.3 Å². The van der Waals surface area contributed by atoms with Crippen LogP contribution in [0.3, 0.4) is 0 Å². The summed E-state index contributed by atoms with van der Waals surface area (Å²) in [5.74, 6) is 0.879. The molecule has 1 atom stereocenters. The number of rotatable bonds is 8. The van der Waals surface area contributed by atoms with E-state index in [9.17, 15) is 8.42 Å². The highest BCUT2D eigenvalue weighted by atomic mass is 32.2. The van der Waals surface area contributed by atoms with Gasteiger partial charge in [0.25, 0.3) is 10.0 Å². The van der Waals surface area contributed by atoms with E-state index in [1.807, 2.05) is 38.0 Å². The highest BCUT2D eigenvalue weighted by Crippen LogP contribution is 2.21. The topological polar surface area (TPSA) is 73.5 Å². The van der Waals surface area contributed by atoms with Crippen LogP contribution in [-0.2, 0) is 16.4 Å². The van der Waals surface area contributed by atoms with Crippen LogP contribution in [-0.4, -0.2) is 39.6 Å². The minimum Gasteiger partial charge on any atom is -0.317 e. The number of allylic oxidation sites excluding steroid dienone is 1. The predicted octanol–water partition coefficient (Wildman–Crippen LogP) is 2.75. The largest absolute Gasteiger partial charge is 0.317 e. The predicted molar refractivity (Wildman–Crippen MR) is 113 cm³/mol. The van der Waals surface area contributed by atoms with Crippen molar-refractivity contribution in [3.8, 4) is 0 Å². The highest BCUT2D eigenvalue weighted by Gasteiger charge is 2.27. The van der Waals surface area contributed by atoms with Crippen LogP contribution < -0.4 is 15.5 Å². The van der Waals surface area contributed by atoms with Gasteiger partial charge < -0.3 is 10.3 Å². The zero-order valence-electron chi connectivity index (χ0n) is 17.3. The van der Waals surface area contributed by atoms with Crippen molar-refractivity contribution in [3.63, 3.8) is 0 Å². The monoisotopic (exact) mass is 406 g/mol. The van der Waals surface area contributed by atoms with Crippen molar-refractivity contribution in [3.05, 3.63) is 41.2 Å². The lowest BCUT2D eigenvalue weighted by Crippen LogP contribution is -2.35. The molecule has 28 heavy (non-hydrogen) atoms. The molecule has 2 aliphatic rings. The number of piperidine rings is 1. The lowest BCUT2D eigenvalue weighted by Gasteiger charge is -2.22. The van der Waals surface area contributed by atoms with Crippen LogP contribution >= 0.6 is 0 Å². The third-order valence-electron chi connectivity index (χ3n) is 5.98. The number of sulfonamides is 1. The lowest BCUT2D eigenvalue weighted by atomic mass is 9.92. The molecular formula is C21H34N4O2S. The van der Waals surface area contributed by atoms with Gasteiger partial charge >= 0.3 is 0 Å². The summed E-state index contributed by atoms with van der Waals surface area (Å²) < 4.78 is 28.2. The fourth-order valence-electron chi connectivity index (χ4n) is 4.08. The Morgan fingerprint density at radius 1 is 1.14 bits per heavy atom. The molecule has 1 unspecified atom stereocenters. The van der Waals surface area contributed by atoms with E-state index in [1.54, 1.807) is 12.1 Å². The van der Waals surface area contributed by atoms with E-state index in [0.29, 0.717) is 10.6 Å². The first-order chi connectivity index (χ1) is 13.4. The van der Waals surface area contributed by atoms with E-state index in [4.69, 9.17) is 0 Å². The molecule has 0 spiro atoms. The minimum atomic E-state index is -3.57. The van der Waals surface area contributed by atoms with E-state index in [1.165, 1.54) is 31.2 Å². The Labute approximate surface area is 169 Å². The number of hydrogen-bond acceptors (Lipinski definition) is 5. The summed E-state index contributed by atoms with van der Waals surface area (Å²) in [4.78, 5) is 0.313. The van der Waals surface area contributed by atoms with Crippen LogP contribution in [0.1, 0.15) is 51.5 Å². The number of hydrazine groups is 1. The Balaban J connectivity index is 1.51. The molecule has 2 aliphatic heterocycles. The molecule has 3 rings (SSSR count). The summed E-state index contributed by atoms with van der Waals surface area (Å²) in [6.45, 7) is 6.17. The van der Waals surface area contributed by atoms with Crippen molar-refractivity contribution in [2.24, 2.45) is 5.92 Å². The maximum absolute atomic E-state index is 12.7. The molecule has 1 aromatic rings. The van der Waals surface area contributed by atoms with Crippen LogP contribution in [0, 0.1) is 5.92 Å². The lowest BCUT2D eigenvalue weighted by molar-refractivity contribution is 0.315. The number of nitrogens with one attached hydrogen (secondary N) is 3. The van der Waals surface area contributed by atoms with Crippen molar-refractivity contribution >= 4 is 10.0 Å². The van der Waals surface area contributed by atoms with Gasteiger partial charge in [-0.15, -0.1) is 0 Å². The molecule has 0 amide bonds. The zero-order valence-corrected chi connectivity index (χ0v) is 18.1. The van der Waals surface area contributed by atoms with Gasteiger partial charge in [-0.2, -0.15) is 0 Å². The van der Waals surface area contributed by atoms with Gasteiger partial charge in [0, 0.05) is 12.7 Å². The Morgan fingerprint density at radius 2 is 1.82 bits per heavy atom. The average Bonchev–Trinajstić information content (AvgIpc) is 2.92. The first kappa shape index (κ1) is 21.1. The van der Waals surface area contributed by atoms with E-state index in [0.717, 1.165) is 37.5 Å². The molecule has 1 aromatic carbocycles. The van der Waals surface area contributed by atoms with E-state index < -0.39 is 10.0 Å². The van der Waals surface area contributed by atoms with E-state index >= 15 is 0 Å². The smallest absolute Gasteiger partial charge is 0.261 e. The summed E-state index contributed by atoms with van der Waals surface area (Å²) in [5.41, 5.74) is 5.97. The molecule has 6 nitrogen and oxygen atoms in total. The third-order valence-corrected chi connectivity index (χ3v) is 7.36. The molecule has 7 heteroatoms. The van der Waals surface area contributed by atoms with Gasteiger partial charge in [-0.25, -0.2) is 13.8 Å². The molecule has 1 saturated heterocycles.